The molecule has 2 amide bonds. The van der Waals surface area contributed by atoms with Crippen LogP contribution in [-0.2, 0) is 9.59 Å². The van der Waals surface area contributed by atoms with Crippen LogP contribution in [0.25, 0.3) is 0 Å². The van der Waals surface area contributed by atoms with E-state index in [4.69, 9.17) is 11.6 Å². The molecule has 7 heteroatoms. The van der Waals surface area contributed by atoms with Gasteiger partial charge in [-0.2, -0.15) is 0 Å². The molecule has 4 rings (SSSR count). The summed E-state index contributed by atoms with van der Waals surface area (Å²) >= 11 is 5.94. The van der Waals surface area contributed by atoms with Crippen LogP contribution in [0.5, 0.6) is 0 Å². The SMILES string of the molecule is CC(N)=O.O=C(NC(c1c(F)ccc(Cl)c1F)C12CCC(CC1)C2)C1CCCC1. The number of hydrogen-bond donors (Lipinski definition) is 2. The Hall–Kier alpha value is -1.69. The molecule has 3 fully saturated rings. The fourth-order valence-corrected chi connectivity index (χ4v) is 5.59. The number of nitrogens with two attached hydrogens (primary N) is 1. The summed E-state index contributed by atoms with van der Waals surface area (Å²) in [5, 5.41) is 2.98. The van der Waals surface area contributed by atoms with Gasteiger partial charge in [-0.25, -0.2) is 8.78 Å². The monoisotopic (exact) mass is 426 g/mol. The Morgan fingerprint density at radius 2 is 1.76 bits per heavy atom. The molecule has 0 aliphatic heterocycles. The fourth-order valence-electron chi connectivity index (χ4n) is 5.43. The van der Waals surface area contributed by atoms with E-state index in [1.165, 1.54) is 19.1 Å². The van der Waals surface area contributed by atoms with E-state index in [1.807, 2.05) is 0 Å². The van der Waals surface area contributed by atoms with Crippen LogP contribution < -0.4 is 11.1 Å². The molecular formula is C22H29ClF2N2O2. The van der Waals surface area contributed by atoms with Gasteiger partial charge in [-0.1, -0.05) is 24.4 Å². The molecule has 0 radical (unpaired) electrons. The van der Waals surface area contributed by atoms with Crippen molar-refractivity contribution in [1.29, 1.82) is 0 Å². The van der Waals surface area contributed by atoms with Gasteiger partial charge in [0.1, 0.15) is 11.6 Å². The van der Waals surface area contributed by atoms with Gasteiger partial charge >= 0.3 is 0 Å². The molecule has 3 saturated carbocycles. The highest BCUT2D eigenvalue weighted by molar-refractivity contribution is 6.30. The summed E-state index contributed by atoms with van der Waals surface area (Å²) in [4.78, 5) is 22.0. The highest BCUT2D eigenvalue weighted by atomic mass is 35.5. The first-order chi connectivity index (χ1) is 13.7. The van der Waals surface area contributed by atoms with Gasteiger partial charge in [0.25, 0.3) is 0 Å². The molecule has 0 aromatic heterocycles. The third-order valence-corrected chi connectivity index (χ3v) is 7.08. The van der Waals surface area contributed by atoms with Gasteiger partial charge in [0, 0.05) is 18.4 Å². The van der Waals surface area contributed by atoms with Crippen molar-refractivity contribution in [2.24, 2.45) is 23.0 Å². The Balaban J connectivity index is 0.000000552. The van der Waals surface area contributed by atoms with Gasteiger partial charge in [0.2, 0.25) is 11.8 Å². The van der Waals surface area contributed by atoms with Crippen molar-refractivity contribution in [1.82, 2.24) is 5.32 Å². The zero-order valence-electron chi connectivity index (χ0n) is 16.8. The number of primary amides is 1. The summed E-state index contributed by atoms with van der Waals surface area (Å²) in [7, 11) is 0. The van der Waals surface area contributed by atoms with Crippen molar-refractivity contribution in [2.75, 3.05) is 0 Å². The summed E-state index contributed by atoms with van der Waals surface area (Å²) < 4.78 is 29.4. The predicted octanol–water partition coefficient (Wildman–Crippen LogP) is 5.04. The number of amides is 2. The van der Waals surface area contributed by atoms with Crippen LogP contribution in [0.1, 0.15) is 76.3 Å². The molecule has 1 unspecified atom stereocenters. The number of rotatable bonds is 4. The van der Waals surface area contributed by atoms with Crippen LogP contribution in [0.15, 0.2) is 12.1 Å². The molecule has 29 heavy (non-hydrogen) atoms. The number of carbonyl (C=O) groups is 2. The predicted molar refractivity (Wildman–Crippen MR) is 108 cm³/mol. The molecule has 0 heterocycles. The quantitative estimate of drug-likeness (QED) is 0.662. The minimum absolute atomic E-state index is 0.0252. The number of carbonyl (C=O) groups excluding carboxylic acids is 2. The lowest BCUT2D eigenvalue weighted by molar-refractivity contribution is -0.126. The lowest BCUT2D eigenvalue weighted by atomic mass is 9.74. The standard InChI is InChI=1S/C20H24ClF2NO.C2H5NO/c21-14-5-6-15(22)16(17(14)23)18(20-9-7-12(11-20)8-10-20)24-19(25)13-3-1-2-4-13;1-2(3)4/h5-6,12-13,18H,1-4,7-11H2,(H,24,25);1H3,(H2,3,4). The summed E-state index contributed by atoms with van der Waals surface area (Å²) in [6.45, 7) is 1.31. The molecule has 160 valence electrons. The molecular weight excluding hydrogens is 398 g/mol. The lowest BCUT2D eigenvalue weighted by Gasteiger charge is -2.38. The first-order valence-electron chi connectivity index (χ1n) is 10.4. The molecule has 1 atom stereocenters. The first-order valence-corrected chi connectivity index (χ1v) is 10.8. The van der Waals surface area contributed by atoms with Crippen LogP contribution in [0.4, 0.5) is 8.78 Å². The number of fused-ring (bicyclic) bond motifs is 2. The van der Waals surface area contributed by atoms with Crippen molar-refractivity contribution >= 4 is 23.4 Å². The summed E-state index contributed by atoms with van der Waals surface area (Å²) in [6, 6.07) is 1.84. The Labute approximate surface area is 175 Å². The smallest absolute Gasteiger partial charge is 0.223 e. The van der Waals surface area contributed by atoms with E-state index in [2.05, 4.69) is 11.1 Å². The van der Waals surface area contributed by atoms with Crippen molar-refractivity contribution in [3.8, 4) is 0 Å². The average Bonchev–Trinajstić information content (AvgIpc) is 3.41. The average molecular weight is 427 g/mol. The molecule has 1 aromatic rings. The van der Waals surface area contributed by atoms with E-state index in [0.29, 0.717) is 5.92 Å². The fraction of sp³-hybridized carbons (Fsp3) is 0.636. The van der Waals surface area contributed by atoms with Crippen molar-refractivity contribution in [3.05, 3.63) is 34.4 Å². The van der Waals surface area contributed by atoms with Crippen molar-refractivity contribution < 1.29 is 18.4 Å². The lowest BCUT2D eigenvalue weighted by Crippen LogP contribution is -2.42. The van der Waals surface area contributed by atoms with Crippen molar-refractivity contribution in [3.63, 3.8) is 0 Å². The third kappa shape index (κ3) is 4.73. The van der Waals surface area contributed by atoms with Crippen LogP contribution in [0.2, 0.25) is 5.02 Å². The summed E-state index contributed by atoms with van der Waals surface area (Å²) in [5.74, 6) is -1.11. The van der Waals surface area contributed by atoms with E-state index in [-0.39, 0.29) is 33.7 Å². The Bertz CT molecular complexity index is 768. The van der Waals surface area contributed by atoms with Crippen LogP contribution in [-0.4, -0.2) is 11.8 Å². The normalized spacial score (nSPS) is 26.7. The maximum Gasteiger partial charge on any atom is 0.223 e. The van der Waals surface area contributed by atoms with Crippen LogP contribution in [0, 0.1) is 28.9 Å². The van der Waals surface area contributed by atoms with Gasteiger partial charge in [-0.05, 0) is 68.4 Å². The summed E-state index contributed by atoms with van der Waals surface area (Å²) in [5.41, 5.74) is 4.20. The third-order valence-electron chi connectivity index (χ3n) is 6.79. The van der Waals surface area contributed by atoms with Gasteiger partial charge in [0.15, 0.2) is 0 Å². The molecule has 3 N–H and O–H groups in total. The first kappa shape index (κ1) is 22.0. The minimum Gasteiger partial charge on any atom is -0.370 e. The Morgan fingerprint density at radius 3 is 2.28 bits per heavy atom. The highest BCUT2D eigenvalue weighted by Gasteiger charge is 2.52. The zero-order valence-corrected chi connectivity index (χ0v) is 17.5. The van der Waals surface area contributed by atoms with E-state index in [0.717, 1.165) is 57.8 Å². The van der Waals surface area contributed by atoms with E-state index < -0.39 is 17.7 Å². The van der Waals surface area contributed by atoms with E-state index in [1.54, 1.807) is 0 Å². The zero-order chi connectivity index (χ0) is 21.2. The van der Waals surface area contributed by atoms with Gasteiger partial charge in [-0.3, -0.25) is 9.59 Å². The Kier molecular flexibility index (Phi) is 6.82. The number of halogens is 3. The molecule has 1 aromatic carbocycles. The second kappa shape index (κ2) is 8.99. The van der Waals surface area contributed by atoms with Gasteiger partial charge in [-0.15, -0.1) is 0 Å². The van der Waals surface area contributed by atoms with Gasteiger partial charge < -0.3 is 11.1 Å². The largest absolute Gasteiger partial charge is 0.370 e. The molecule has 3 aliphatic rings. The molecule has 3 aliphatic carbocycles. The maximum absolute atomic E-state index is 14.8. The number of nitrogens with one attached hydrogen (secondary N) is 1. The number of hydrogen-bond acceptors (Lipinski definition) is 2. The second-order valence-electron chi connectivity index (χ2n) is 8.80. The van der Waals surface area contributed by atoms with E-state index >= 15 is 0 Å². The molecule has 0 spiro atoms. The van der Waals surface area contributed by atoms with Gasteiger partial charge in [0.05, 0.1) is 11.1 Å². The molecule has 0 saturated heterocycles. The van der Waals surface area contributed by atoms with Crippen LogP contribution in [0.3, 0.4) is 0 Å². The van der Waals surface area contributed by atoms with E-state index in [9.17, 15) is 18.4 Å². The molecule has 4 nitrogen and oxygen atoms in total. The highest BCUT2D eigenvalue weighted by Crippen LogP contribution is 2.60. The van der Waals surface area contributed by atoms with Crippen molar-refractivity contribution in [2.45, 2.75) is 70.8 Å². The summed E-state index contributed by atoms with van der Waals surface area (Å²) in [6.07, 6.45) is 8.78. The second-order valence-corrected chi connectivity index (χ2v) is 9.21. The number of benzene rings is 1. The minimum atomic E-state index is -0.719. The topological polar surface area (TPSA) is 72.2 Å². The Morgan fingerprint density at radius 1 is 1.17 bits per heavy atom. The van der Waals surface area contributed by atoms with Crippen LogP contribution >= 0.6 is 11.6 Å². The molecule has 2 bridgehead atoms. The maximum atomic E-state index is 14.8.